The van der Waals surface area contributed by atoms with Crippen LogP contribution in [-0.2, 0) is 11.2 Å². The Kier molecular flexibility index (Phi) is 13.8. The first-order valence-corrected chi connectivity index (χ1v) is 15.2. The Morgan fingerprint density at radius 1 is 1.07 bits per heavy atom. The van der Waals surface area contributed by atoms with Crippen molar-refractivity contribution in [3.8, 4) is 22.6 Å². The predicted molar refractivity (Wildman–Crippen MR) is 179 cm³/mol. The number of fused-ring (bicyclic) bond motifs is 1. The normalized spacial score (nSPS) is 14.4. The van der Waals surface area contributed by atoms with E-state index in [0.717, 1.165) is 60.5 Å². The maximum absolute atomic E-state index is 13.7. The first kappa shape index (κ1) is 35.1. The number of benzene rings is 4. The number of nitrogens with zero attached hydrogens (tertiary/aromatic N) is 1. The second-order valence-corrected chi connectivity index (χ2v) is 10.9. The summed E-state index contributed by atoms with van der Waals surface area (Å²) in [7, 11) is 1.70. The Morgan fingerprint density at radius 3 is 2.38 bits per heavy atom. The summed E-state index contributed by atoms with van der Waals surface area (Å²) in [5.41, 5.74) is 10.4. The second-order valence-electron chi connectivity index (χ2n) is 10.9. The van der Waals surface area contributed by atoms with E-state index in [1.54, 1.807) is 26.2 Å². The number of alkyl halides is 1. The highest BCUT2D eigenvalue weighted by atomic mass is 19.1. The summed E-state index contributed by atoms with van der Waals surface area (Å²) < 4.78 is 38.7. The number of methoxy groups -OCH3 is 1. The Balaban J connectivity index is 0.000000329. The fraction of sp³-hybridized carbons (Fsp3) is 0.324. The topological polar surface area (TPSA) is 85.0 Å². The van der Waals surface area contributed by atoms with Gasteiger partial charge in [-0.3, -0.25) is 9.69 Å². The number of likely N-dealkylation sites (tertiary alicyclic amines) is 1. The van der Waals surface area contributed by atoms with Crippen LogP contribution >= 0.6 is 0 Å². The molecule has 0 spiro atoms. The van der Waals surface area contributed by atoms with Gasteiger partial charge in [-0.1, -0.05) is 74.5 Å². The van der Waals surface area contributed by atoms with Crippen LogP contribution in [-0.4, -0.2) is 56.0 Å². The van der Waals surface area contributed by atoms with E-state index < -0.39 is 6.17 Å². The number of piperidine rings is 1. The van der Waals surface area contributed by atoms with Crippen LogP contribution in [0.1, 0.15) is 42.9 Å². The molecule has 1 aliphatic rings. The van der Waals surface area contributed by atoms with Gasteiger partial charge in [0.25, 0.3) is 6.47 Å². The van der Waals surface area contributed by atoms with Gasteiger partial charge in [0, 0.05) is 24.4 Å². The highest BCUT2D eigenvalue weighted by molar-refractivity contribution is 6.01. The Bertz CT molecular complexity index is 1540. The molecule has 45 heavy (non-hydrogen) atoms. The number of carboxylic acid groups (broad SMARTS) is 1. The Hall–Kier alpha value is -4.43. The molecule has 0 radical (unpaired) electrons. The molecule has 4 aromatic rings. The minimum Gasteiger partial charge on any atom is -0.496 e. The molecule has 3 N–H and O–H groups in total. The molecule has 1 unspecified atom stereocenters. The van der Waals surface area contributed by atoms with Crippen LogP contribution in [0.25, 0.3) is 27.6 Å². The first-order valence-electron chi connectivity index (χ1n) is 15.2. The number of carbonyl (C=O) groups is 1. The zero-order valence-electron chi connectivity index (χ0n) is 26.4. The quantitative estimate of drug-likeness (QED) is 0.185. The molecule has 5 rings (SSSR count). The number of aryl methyl sites for hydroxylation is 2. The molecule has 0 bridgehead atoms. The average Bonchev–Trinajstić information content (AvgIpc) is 3.01. The summed E-state index contributed by atoms with van der Waals surface area (Å²) in [6, 6.07) is 23.7. The van der Waals surface area contributed by atoms with Crippen LogP contribution in [0.3, 0.4) is 0 Å². The maximum Gasteiger partial charge on any atom is 0.290 e. The minimum atomic E-state index is -0.714. The molecular formula is C37H44F2N2O4. The average molecular weight is 619 g/mol. The number of rotatable bonds is 9. The monoisotopic (exact) mass is 618 g/mol. The third kappa shape index (κ3) is 9.53. The first-order chi connectivity index (χ1) is 21.7. The van der Waals surface area contributed by atoms with Crippen molar-refractivity contribution in [1.29, 1.82) is 0 Å². The highest BCUT2D eigenvalue weighted by Crippen LogP contribution is 2.42. The summed E-state index contributed by atoms with van der Waals surface area (Å²) in [6.45, 7) is 9.96. The van der Waals surface area contributed by atoms with E-state index in [1.165, 1.54) is 22.4 Å². The number of hydrogen-bond acceptors (Lipinski definition) is 5. The summed E-state index contributed by atoms with van der Waals surface area (Å²) in [5.74, 6) is 1.30. The molecule has 1 saturated heterocycles. The Morgan fingerprint density at radius 2 is 1.73 bits per heavy atom. The molecule has 0 amide bonds. The number of nitrogens with two attached hydrogens (primary N) is 1. The molecule has 8 heteroatoms. The number of ether oxygens (including phenoxy) is 2. The molecule has 6 nitrogen and oxygen atoms in total. The van der Waals surface area contributed by atoms with Crippen molar-refractivity contribution in [3.05, 3.63) is 102 Å². The molecular weight excluding hydrogens is 574 g/mol. The summed E-state index contributed by atoms with van der Waals surface area (Å²) in [6.07, 6.45) is 3.05. The van der Waals surface area contributed by atoms with Crippen molar-refractivity contribution in [2.45, 2.75) is 45.7 Å². The molecule has 1 fully saturated rings. The summed E-state index contributed by atoms with van der Waals surface area (Å²) >= 11 is 0. The van der Waals surface area contributed by atoms with Crippen LogP contribution < -0.4 is 15.2 Å². The van der Waals surface area contributed by atoms with Crippen molar-refractivity contribution >= 4 is 22.9 Å². The molecule has 1 aliphatic heterocycles. The van der Waals surface area contributed by atoms with E-state index in [4.69, 9.17) is 25.1 Å². The van der Waals surface area contributed by atoms with E-state index in [0.29, 0.717) is 25.1 Å². The van der Waals surface area contributed by atoms with Gasteiger partial charge in [-0.2, -0.15) is 0 Å². The zero-order valence-corrected chi connectivity index (χ0v) is 26.4. The van der Waals surface area contributed by atoms with Crippen LogP contribution in [0.2, 0.25) is 0 Å². The summed E-state index contributed by atoms with van der Waals surface area (Å²) in [4.78, 5) is 10.5. The second kappa shape index (κ2) is 17.8. The zero-order chi connectivity index (χ0) is 32.8. The van der Waals surface area contributed by atoms with Crippen molar-refractivity contribution in [3.63, 3.8) is 0 Å². The predicted octanol–water partition coefficient (Wildman–Crippen LogP) is 8.04. The lowest BCUT2D eigenvalue weighted by molar-refractivity contribution is -0.122. The smallest absolute Gasteiger partial charge is 0.290 e. The highest BCUT2D eigenvalue weighted by Gasteiger charge is 2.20. The lowest BCUT2D eigenvalue weighted by Gasteiger charge is -2.28. The molecule has 4 aromatic carbocycles. The van der Waals surface area contributed by atoms with Gasteiger partial charge in [0.15, 0.2) is 0 Å². The third-order valence-corrected chi connectivity index (χ3v) is 7.67. The van der Waals surface area contributed by atoms with Gasteiger partial charge >= 0.3 is 0 Å². The standard InChI is InChI=1S/C27H32FNO2.C9H10FN.CH2O2/c1-3-8-20-9-4-12-23-22(20)11-5-13-24(23)27-25(30-2)14-6-15-26(27)31-18-17-29-16-7-10-21(28)19-29;1-6-4-3-5-8(10)9(6)7(2)11;2-1-3/h4-6,9,11-15,21H,3,7-8,10,16-19H2,1-2H3;3-5H,2,11H2,1H3;1H,(H,2,3). The van der Waals surface area contributed by atoms with Gasteiger partial charge in [-0.15, -0.1) is 0 Å². The van der Waals surface area contributed by atoms with Gasteiger partial charge in [0.1, 0.15) is 30.1 Å². The number of halogens is 2. The maximum atomic E-state index is 13.7. The molecule has 1 atom stereocenters. The lowest BCUT2D eigenvalue weighted by atomic mass is 9.93. The van der Waals surface area contributed by atoms with Crippen LogP contribution in [0.4, 0.5) is 8.78 Å². The number of hydrogen-bond donors (Lipinski definition) is 2. The summed E-state index contributed by atoms with van der Waals surface area (Å²) in [5, 5.41) is 9.38. The molecule has 0 aliphatic carbocycles. The van der Waals surface area contributed by atoms with E-state index in [1.807, 2.05) is 18.2 Å². The Labute approximate surface area is 265 Å². The van der Waals surface area contributed by atoms with Crippen molar-refractivity contribution in [2.24, 2.45) is 5.73 Å². The molecule has 1 heterocycles. The molecule has 0 saturated carbocycles. The fourth-order valence-electron chi connectivity index (χ4n) is 5.67. The van der Waals surface area contributed by atoms with Gasteiger partial charge < -0.3 is 20.3 Å². The SMILES string of the molecule is C=C(N)c1c(C)cccc1F.CCCc1cccc2c(-c3c(OC)cccc3OCCN3CCCC(F)C3)cccc12.O=CO. The van der Waals surface area contributed by atoms with Crippen LogP contribution in [0.15, 0.2) is 79.4 Å². The van der Waals surface area contributed by atoms with Crippen molar-refractivity contribution < 1.29 is 28.2 Å². The van der Waals surface area contributed by atoms with E-state index in [-0.39, 0.29) is 18.0 Å². The van der Waals surface area contributed by atoms with Crippen molar-refractivity contribution in [1.82, 2.24) is 4.90 Å². The molecule has 0 aromatic heterocycles. The van der Waals surface area contributed by atoms with Gasteiger partial charge in [0.05, 0.1) is 12.7 Å². The fourth-order valence-corrected chi connectivity index (χ4v) is 5.67. The third-order valence-electron chi connectivity index (χ3n) is 7.67. The minimum absolute atomic E-state index is 0.250. The largest absolute Gasteiger partial charge is 0.496 e. The van der Waals surface area contributed by atoms with Gasteiger partial charge in [-0.25, -0.2) is 8.78 Å². The van der Waals surface area contributed by atoms with Gasteiger partial charge in [-0.05, 0) is 78.4 Å². The van der Waals surface area contributed by atoms with Crippen LogP contribution in [0.5, 0.6) is 11.5 Å². The van der Waals surface area contributed by atoms with E-state index in [2.05, 4.69) is 54.8 Å². The molecule has 240 valence electrons. The van der Waals surface area contributed by atoms with Gasteiger partial charge in [0.2, 0.25) is 0 Å². The van der Waals surface area contributed by atoms with Crippen molar-refractivity contribution in [2.75, 3.05) is 33.4 Å². The van der Waals surface area contributed by atoms with E-state index in [9.17, 15) is 8.78 Å². The van der Waals surface area contributed by atoms with Crippen LogP contribution in [0, 0.1) is 12.7 Å². The van der Waals surface area contributed by atoms with E-state index >= 15 is 0 Å². The lowest BCUT2D eigenvalue weighted by Crippen LogP contribution is -2.38.